The Kier molecular flexibility index (Phi) is 5.62. The molecule has 0 saturated carbocycles. The molecular formula is C12H21N5O3S. The lowest BCUT2D eigenvalue weighted by atomic mass is 10.1. The summed E-state index contributed by atoms with van der Waals surface area (Å²) in [4.78, 5) is 19.9. The fourth-order valence-corrected chi connectivity index (χ4v) is 1.90. The average molecular weight is 315 g/mol. The molecule has 1 heterocycles. The van der Waals surface area contributed by atoms with Gasteiger partial charge in [0.2, 0.25) is 16.0 Å². The lowest BCUT2D eigenvalue weighted by Crippen LogP contribution is -2.36. The first kappa shape index (κ1) is 17.3. The van der Waals surface area contributed by atoms with E-state index in [-0.39, 0.29) is 30.6 Å². The number of sulfonamides is 1. The number of nitrogens with two attached hydrogens (primary N) is 1. The molecule has 0 aliphatic carbocycles. The number of nitrogen functional groups attached to an aromatic ring is 1. The van der Waals surface area contributed by atoms with E-state index in [0.717, 1.165) is 10.6 Å². The molecule has 1 aromatic rings. The Balaban J connectivity index is 2.68. The molecule has 0 spiro atoms. The molecule has 118 valence electrons. The Hall–Kier alpha value is -1.74. The van der Waals surface area contributed by atoms with E-state index in [1.807, 2.05) is 13.8 Å². The number of aromatic nitrogens is 2. The summed E-state index contributed by atoms with van der Waals surface area (Å²) in [5.41, 5.74) is 6.43. The molecule has 0 aliphatic rings. The summed E-state index contributed by atoms with van der Waals surface area (Å²) in [5, 5.41) is 2.60. The van der Waals surface area contributed by atoms with Crippen LogP contribution in [-0.2, 0) is 10.0 Å². The third kappa shape index (κ3) is 5.27. The van der Waals surface area contributed by atoms with Gasteiger partial charge in [0.05, 0.1) is 6.26 Å². The van der Waals surface area contributed by atoms with E-state index >= 15 is 0 Å². The van der Waals surface area contributed by atoms with Crippen LogP contribution in [0, 0.1) is 0 Å². The second-order valence-electron chi connectivity index (χ2n) is 5.03. The third-order valence-electron chi connectivity index (χ3n) is 2.87. The van der Waals surface area contributed by atoms with E-state index < -0.39 is 15.9 Å². The van der Waals surface area contributed by atoms with Crippen molar-refractivity contribution in [2.45, 2.75) is 19.8 Å². The predicted octanol–water partition coefficient (Wildman–Crippen LogP) is -0.197. The number of carbonyl (C=O) groups excluding carboxylic acids is 1. The molecule has 1 amide bonds. The van der Waals surface area contributed by atoms with E-state index in [0.29, 0.717) is 5.69 Å². The van der Waals surface area contributed by atoms with Crippen LogP contribution in [0.5, 0.6) is 0 Å². The van der Waals surface area contributed by atoms with Gasteiger partial charge in [-0.25, -0.2) is 22.7 Å². The molecule has 0 saturated heterocycles. The minimum atomic E-state index is -3.25. The van der Waals surface area contributed by atoms with Crippen molar-refractivity contribution in [3.63, 3.8) is 0 Å². The zero-order chi connectivity index (χ0) is 16.2. The first-order chi connectivity index (χ1) is 9.61. The quantitative estimate of drug-likeness (QED) is 0.750. The summed E-state index contributed by atoms with van der Waals surface area (Å²) in [6.45, 7) is 4.24. The zero-order valence-corrected chi connectivity index (χ0v) is 13.4. The molecule has 9 heteroatoms. The van der Waals surface area contributed by atoms with E-state index in [4.69, 9.17) is 5.73 Å². The Bertz CT molecular complexity index is 615. The maximum Gasteiger partial charge on any atom is 0.270 e. The highest BCUT2D eigenvalue weighted by molar-refractivity contribution is 7.88. The molecule has 21 heavy (non-hydrogen) atoms. The largest absolute Gasteiger partial charge is 0.368 e. The van der Waals surface area contributed by atoms with Crippen LogP contribution in [0.2, 0.25) is 0 Å². The highest BCUT2D eigenvalue weighted by atomic mass is 32.2. The first-order valence-corrected chi connectivity index (χ1v) is 8.30. The molecule has 1 aromatic heterocycles. The van der Waals surface area contributed by atoms with Gasteiger partial charge in [0.1, 0.15) is 5.69 Å². The second kappa shape index (κ2) is 6.81. The third-order valence-corrected chi connectivity index (χ3v) is 4.18. The SMILES string of the molecule is CC(C)c1cc(C(=O)NCCN(C)S(C)(=O)=O)nc(N)n1. The summed E-state index contributed by atoms with van der Waals surface area (Å²) in [7, 11) is -1.81. The Morgan fingerprint density at radius 1 is 1.43 bits per heavy atom. The zero-order valence-electron chi connectivity index (χ0n) is 12.6. The number of nitrogens with zero attached hydrogens (tertiary/aromatic N) is 3. The molecule has 0 radical (unpaired) electrons. The number of hydrogen-bond acceptors (Lipinski definition) is 6. The number of likely N-dealkylation sites (N-methyl/N-ethyl adjacent to an activating group) is 1. The standard InChI is InChI=1S/C12H21N5O3S/c1-8(2)9-7-10(16-12(13)15-9)11(18)14-5-6-17(3)21(4,19)20/h7-8H,5-6H2,1-4H3,(H,14,18)(H2,13,15,16). The van der Waals surface area contributed by atoms with Crippen LogP contribution in [0.3, 0.4) is 0 Å². The van der Waals surface area contributed by atoms with Gasteiger partial charge in [-0.2, -0.15) is 0 Å². The minimum absolute atomic E-state index is 0.0413. The van der Waals surface area contributed by atoms with Crippen LogP contribution in [0.1, 0.15) is 35.9 Å². The van der Waals surface area contributed by atoms with E-state index in [1.54, 1.807) is 6.07 Å². The van der Waals surface area contributed by atoms with E-state index in [9.17, 15) is 13.2 Å². The van der Waals surface area contributed by atoms with E-state index in [1.165, 1.54) is 7.05 Å². The molecule has 1 rings (SSSR count). The van der Waals surface area contributed by atoms with Crippen LogP contribution >= 0.6 is 0 Å². The fraction of sp³-hybridized carbons (Fsp3) is 0.583. The van der Waals surface area contributed by atoms with Crippen molar-refractivity contribution in [3.8, 4) is 0 Å². The topological polar surface area (TPSA) is 118 Å². The van der Waals surface area contributed by atoms with Gasteiger partial charge in [0.15, 0.2) is 0 Å². The summed E-state index contributed by atoms with van der Waals surface area (Å²) in [6, 6.07) is 1.58. The maximum atomic E-state index is 12.0. The highest BCUT2D eigenvalue weighted by Gasteiger charge is 2.14. The summed E-state index contributed by atoms with van der Waals surface area (Å²) < 4.78 is 23.6. The number of nitrogens with one attached hydrogen (secondary N) is 1. The van der Waals surface area contributed by atoms with Crippen LogP contribution in [0.4, 0.5) is 5.95 Å². The Labute approximate surface area is 124 Å². The van der Waals surface area contributed by atoms with Gasteiger partial charge in [-0.15, -0.1) is 0 Å². The number of anilines is 1. The van der Waals surface area contributed by atoms with Crippen molar-refractivity contribution < 1.29 is 13.2 Å². The molecular weight excluding hydrogens is 294 g/mol. The first-order valence-electron chi connectivity index (χ1n) is 6.45. The second-order valence-corrected chi connectivity index (χ2v) is 7.12. The maximum absolute atomic E-state index is 12.0. The van der Waals surface area contributed by atoms with Gasteiger partial charge in [0, 0.05) is 25.8 Å². The van der Waals surface area contributed by atoms with Gasteiger partial charge in [0.25, 0.3) is 5.91 Å². The van der Waals surface area contributed by atoms with Crippen molar-refractivity contribution in [1.82, 2.24) is 19.6 Å². The van der Waals surface area contributed by atoms with Crippen molar-refractivity contribution in [2.75, 3.05) is 32.1 Å². The smallest absolute Gasteiger partial charge is 0.270 e. The molecule has 0 fully saturated rings. The molecule has 0 atom stereocenters. The molecule has 8 nitrogen and oxygen atoms in total. The normalized spacial score (nSPS) is 11.9. The van der Waals surface area contributed by atoms with Gasteiger partial charge >= 0.3 is 0 Å². The van der Waals surface area contributed by atoms with Crippen molar-refractivity contribution in [2.24, 2.45) is 0 Å². The number of rotatable bonds is 6. The van der Waals surface area contributed by atoms with Crippen molar-refractivity contribution in [1.29, 1.82) is 0 Å². The molecule has 0 aliphatic heterocycles. The van der Waals surface area contributed by atoms with Gasteiger partial charge in [-0.1, -0.05) is 13.8 Å². The number of hydrogen-bond donors (Lipinski definition) is 2. The summed E-state index contributed by atoms with van der Waals surface area (Å²) in [6.07, 6.45) is 1.11. The van der Waals surface area contributed by atoms with Crippen LogP contribution in [0.15, 0.2) is 6.07 Å². The van der Waals surface area contributed by atoms with Gasteiger partial charge in [-0.05, 0) is 12.0 Å². The summed E-state index contributed by atoms with van der Waals surface area (Å²) >= 11 is 0. The molecule has 0 unspecified atom stereocenters. The van der Waals surface area contributed by atoms with Crippen LogP contribution in [-0.4, -0.2) is 55.0 Å². The number of amides is 1. The number of carbonyl (C=O) groups is 1. The summed E-state index contributed by atoms with van der Waals surface area (Å²) in [5.74, 6) is -0.245. The Morgan fingerprint density at radius 2 is 2.05 bits per heavy atom. The predicted molar refractivity (Wildman–Crippen MR) is 80.3 cm³/mol. The molecule has 0 bridgehead atoms. The van der Waals surface area contributed by atoms with Crippen LogP contribution < -0.4 is 11.1 Å². The lowest BCUT2D eigenvalue weighted by Gasteiger charge is -2.14. The fourth-order valence-electron chi connectivity index (χ4n) is 1.48. The minimum Gasteiger partial charge on any atom is -0.368 e. The van der Waals surface area contributed by atoms with Crippen molar-refractivity contribution in [3.05, 3.63) is 17.5 Å². The molecule has 3 N–H and O–H groups in total. The van der Waals surface area contributed by atoms with Gasteiger partial charge < -0.3 is 11.1 Å². The molecule has 0 aromatic carbocycles. The van der Waals surface area contributed by atoms with Gasteiger partial charge in [-0.3, -0.25) is 4.79 Å². The average Bonchev–Trinajstić information content (AvgIpc) is 2.36. The van der Waals surface area contributed by atoms with E-state index in [2.05, 4.69) is 15.3 Å². The lowest BCUT2D eigenvalue weighted by molar-refractivity contribution is 0.0947. The monoisotopic (exact) mass is 315 g/mol. The van der Waals surface area contributed by atoms with Crippen LogP contribution in [0.25, 0.3) is 0 Å². The Morgan fingerprint density at radius 3 is 2.57 bits per heavy atom. The highest BCUT2D eigenvalue weighted by Crippen LogP contribution is 2.13. The van der Waals surface area contributed by atoms with Crippen molar-refractivity contribution >= 4 is 21.9 Å².